The molecule has 0 aliphatic heterocycles. The van der Waals surface area contributed by atoms with E-state index in [9.17, 15) is 9.59 Å². The molecule has 1 N–H and O–H groups in total. The highest BCUT2D eigenvalue weighted by Crippen LogP contribution is 2.19. The van der Waals surface area contributed by atoms with E-state index >= 15 is 0 Å². The third-order valence-corrected chi connectivity index (χ3v) is 3.68. The van der Waals surface area contributed by atoms with Gasteiger partial charge in [-0.15, -0.1) is 11.3 Å². The van der Waals surface area contributed by atoms with Crippen LogP contribution >= 0.6 is 22.9 Å². The lowest BCUT2D eigenvalue weighted by molar-refractivity contribution is -0.144. The average molecular weight is 330 g/mol. The smallest absolute Gasteiger partial charge is 0.332 e. The van der Waals surface area contributed by atoms with Crippen LogP contribution < -0.4 is 5.32 Å². The van der Waals surface area contributed by atoms with Crippen molar-refractivity contribution in [1.29, 1.82) is 0 Å². The minimum atomic E-state index is -0.808. The Labute approximate surface area is 134 Å². The van der Waals surface area contributed by atoms with Gasteiger partial charge in [-0.05, 0) is 18.4 Å². The first-order chi connectivity index (χ1) is 9.73. The Morgan fingerprint density at radius 2 is 2.14 bits per heavy atom. The van der Waals surface area contributed by atoms with Gasteiger partial charge in [0.15, 0.2) is 0 Å². The first-order valence-electron chi connectivity index (χ1n) is 6.64. The van der Waals surface area contributed by atoms with Gasteiger partial charge in [-0.2, -0.15) is 0 Å². The van der Waals surface area contributed by atoms with E-state index in [1.807, 2.05) is 26.8 Å². The molecule has 0 saturated carbocycles. The molecular formula is C15H20ClNO3S. The minimum Gasteiger partial charge on any atom is -0.464 e. The SMILES string of the molecule is CCOC(=O)C(C=CC(C)(C)C)NC(=O)c1cc(Cl)cs1. The molecule has 0 fully saturated rings. The number of rotatable bonds is 5. The summed E-state index contributed by atoms with van der Waals surface area (Å²) in [4.78, 5) is 24.5. The van der Waals surface area contributed by atoms with E-state index < -0.39 is 12.0 Å². The zero-order chi connectivity index (χ0) is 16.0. The van der Waals surface area contributed by atoms with E-state index in [0.29, 0.717) is 9.90 Å². The van der Waals surface area contributed by atoms with E-state index in [-0.39, 0.29) is 17.9 Å². The van der Waals surface area contributed by atoms with E-state index in [1.165, 1.54) is 11.3 Å². The number of hydrogen-bond acceptors (Lipinski definition) is 4. The summed E-state index contributed by atoms with van der Waals surface area (Å²) in [5, 5.41) is 4.83. The Kier molecular flexibility index (Phi) is 6.42. The maximum absolute atomic E-state index is 12.1. The van der Waals surface area contributed by atoms with Crippen molar-refractivity contribution in [2.45, 2.75) is 33.7 Å². The van der Waals surface area contributed by atoms with Crippen LogP contribution in [0.5, 0.6) is 0 Å². The molecule has 1 heterocycles. The number of nitrogens with one attached hydrogen (secondary N) is 1. The maximum Gasteiger partial charge on any atom is 0.332 e. The second-order valence-corrected chi connectivity index (χ2v) is 6.91. The highest BCUT2D eigenvalue weighted by Gasteiger charge is 2.21. The quantitative estimate of drug-likeness (QED) is 0.662. The monoisotopic (exact) mass is 329 g/mol. The fraction of sp³-hybridized carbons (Fsp3) is 0.467. The van der Waals surface area contributed by atoms with Gasteiger partial charge in [0.2, 0.25) is 0 Å². The number of thiophene rings is 1. The molecule has 1 unspecified atom stereocenters. The highest BCUT2D eigenvalue weighted by atomic mass is 35.5. The molecule has 0 saturated heterocycles. The molecule has 116 valence electrons. The van der Waals surface area contributed by atoms with Gasteiger partial charge in [0.1, 0.15) is 6.04 Å². The van der Waals surface area contributed by atoms with Crippen molar-refractivity contribution >= 4 is 34.8 Å². The van der Waals surface area contributed by atoms with Gasteiger partial charge >= 0.3 is 5.97 Å². The van der Waals surface area contributed by atoms with E-state index in [4.69, 9.17) is 16.3 Å². The van der Waals surface area contributed by atoms with Crippen LogP contribution in [0.3, 0.4) is 0 Å². The van der Waals surface area contributed by atoms with Crippen LogP contribution in [-0.2, 0) is 9.53 Å². The summed E-state index contributed by atoms with van der Waals surface area (Å²) in [7, 11) is 0. The number of hydrogen-bond donors (Lipinski definition) is 1. The van der Waals surface area contributed by atoms with Crippen LogP contribution in [0.2, 0.25) is 5.02 Å². The summed E-state index contributed by atoms with van der Waals surface area (Å²) in [6, 6.07) is 0.759. The van der Waals surface area contributed by atoms with Gasteiger partial charge in [-0.1, -0.05) is 44.5 Å². The summed E-state index contributed by atoms with van der Waals surface area (Å²) in [6.45, 7) is 8.01. The van der Waals surface area contributed by atoms with Crippen molar-refractivity contribution in [2.75, 3.05) is 6.61 Å². The number of ether oxygens (including phenoxy) is 1. The zero-order valence-electron chi connectivity index (χ0n) is 12.6. The Bertz CT molecular complexity index is 531. The molecule has 1 amide bonds. The molecular weight excluding hydrogens is 310 g/mol. The molecule has 0 spiro atoms. The third-order valence-electron chi connectivity index (χ3n) is 2.41. The first kappa shape index (κ1) is 17.7. The van der Waals surface area contributed by atoms with Gasteiger partial charge in [-0.25, -0.2) is 4.79 Å². The van der Waals surface area contributed by atoms with Crippen molar-refractivity contribution < 1.29 is 14.3 Å². The molecule has 0 radical (unpaired) electrons. The Hall–Kier alpha value is -1.33. The van der Waals surface area contributed by atoms with Gasteiger partial charge in [0.25, 0.3) is 5.91 Å². The molecule has 1 rings (SSSR count). The average Bonchev–Trinajstić information content (AvgIpc) is 2.80. The lowest BCUT2D eigenvalue weighted by Gasteiger charge is -2.16. The van der Waals surface area contributed by atoms with E-state index in [0.717, 1.165) is 0 Å². The van der Waals surface area contributed by atoms with Crippen molar-refractivity contribution in [2.24, 2.45) is 5.41 Å². The highest BCUT2D eigenvalue weighted by molar-refractivity contribution is 7.12. The van der Waals surface area contributed by atoms with Crippen molar-refractivity contribution in [1.82, 2.24) is 5.32 Å². The predicted octanol–water partition coefficient (Wildman–Crippen LogP) is 3.67. The number of allylic oxidation sites excluding steroid dienone is 1. The summed E-state index contributed by atoms with van der Waals surface area (Å²) in [5.74, 6) is -0.822. The fourth-order valence-corrected chi connectivity index (χ4v) is 2.42. The van der Waals surface area contributed by atoms with E-state index in [1.54, 1.807) is 24.4 Å². The number of esters is 1. The number of halogens is 1. The van der Waals surface area contributed by atoms with Crippen LogP contribution in [0.1, 0.15) is 37.4 Å². The van der Waals surface area contributed by atoms with Gasteiger partial charge in [0.05, 0.1) is 16.5 Å². The van der Waals surface area contributed by atoms with Crippen LogP contribution in [0.4, 0.5) is 0 Å². The molecule has 1 aromatic rings. The minimum absolute atomic E-state index is 0.0955. The molecule has 21 heavy (non-hydrogen) atoms. The second kappa shape index (κ2) is 7.61. The number of carbonyl (C=O) groups is 2. The zero-order valence-corrected chi connectivity index (χ0v) is 14.2. The van der Waals surface area contributed by atoms with Crippen LogP contribution in [0, 0.1) is 5.41 Å². The largest absolute Gasteiger partial charge is 0.464 e. The maximum atomic E-state index is 12.1. The molecule has 0 aromatic carbocycles. The molecule has 1 aromatic heterocycles. The Morgan fingerprint density at radius 1 is 1.48 bits per heavy atom. The van der Waals surface area contributed by atoms with Gasteiger partial charge in [0, 0.05) is 5.38 Å². The first-order valence-corrected chi connectivity index (χ1v) is 7.89. The molecule has 1 atom stereocenters. The molecule has 4 nitrogen and oxygen atoms in total. The van der Waals surface area contributed by atoms with Crippen molar-refractivity contribution in [3.63, 3.8) is 0 Å². The normalized spacial score (nSPS) is 13.2. The van der Waals surface area contributed by atoms with Crippen LogP contribution in [-0.4, -0.2) is 24.5 Å². The topological polar surface area (TPSA) is 55.4 Å². The third kappa shape index (κ3) is 6.31. The van der Waals surface area contributed by atoms with Gasteiger partial charge in [-0.3, -0.25) is 4.79 Å². The van der Waals surface area contributed by atoms with Crippen LogP contribution in [0.15, 0.2) is 23.6 Å². The van der Waals surface area contributed by atoms with Gasteiger partial charge < -0.3 is 10.1 Å². The lowest BCUT2D eigenvalue weighted by Crippen LogP contribution is -2.40. The number of amides is 1. The summed E-state index contributed by atoms with van der Waals surface area (Å²) in [6.07, 6.45) is 3.53. The molecule has 0 aliphatic carbocycles. The number of carbonyl (C=O) groups excluding carboxylic acids is 2. The predicted molar refractivity (Wildman–Crippen MR) is 85.8 cm³/mol. The molecule has 0 bridgehead atoms. The summed E-state index contributed by atoms with van der Waals surface area (Å²) < 4.78 is 4.98. The Balaban J connectivity index is 2.84. The molecule has 0 aliphatic rings. The summed E-state index contributed by atoms with van der Waals surface area (Å²) in [5.41, 5.74) is -0.0955. The fourth-order valence-electron chi connectivity index (χ4n) is 1.45. The lowest BCUT2D eigenvalue weighted by atomic mass is 9.95. The van der Waals surface area contributed by atoms with Crippen molar-refractivity contribution in [3.05, 3.63) is 33.5 Å². The van der Waals surface area contributed by atoms with Crippen molar-refractivity contribution in [3.8, 4) is 0 Å². The standard InChI is InChI=1S/C15H20ClNO3S/c1-5-20-14(19)11(6-7-15(2,3)4)17-13(18)12-8-10(16)9-21-12/h6-9,11H,5H2,1-4H3,(H,17,18). The van der Waals surface area contributed by atoms with E-state index in [2.05, 4.69) is 5.32 Å². The Morgan fingerprint density at radius 3 is 2.62 bits per heavy atom. The molecule has 6 heteroatoms. The second-order valence-electron chi connectivity index (χ2n) is 5.56. The van der Waals surface area contributed by atoms with Crippen LogP contribution in [0.25, 0.3) is 0 Å². The summed E-state index contributed by atoms with van der Waals surface area (Å²) >= 11 is 7.03.